The Bertz CT molecular complexity index is 1520. The van der Waals surface area contributed by atoms with Gasteiger partial charge in [-0.3, -0.25) is 9.69 Å². The van der Waals surface area contributed by atoms with Crippen LogP contribution in [0.1, 0.15) is 27.5 Å². The highest BCUT2D eigenvalue weighted by Gasteiger charge is 2.32. The van der Waals surface area contributed by atoms with E-state index in [-0.39, 0.29) is 16.8 Å². The fraction of sp³-hybridized carbons (Fsp3) is 0.242. The second-order valence-corrected chi connectivity index (χ2v) is 11.9. The van der Waals surface area contributed by atoms with Crippen LogP contribution in [0.2, 0.25) is 0 Å². The fourth-order valence-electron chi connectivity index (χ4n) is 5.16. The first-order chi connectivity index (χ1) is 20.5. The van der Waals surface area contributed by atoms with Crippen molar-refractivity contribution in [1.82, 2.24) is 9.21 Å². The van der Waals surface area contributed by atoms with Crippen molar-refractivity contribution in [2.24, 2.45) is 0 Å². The molecule has 1 heterocycles. The Morgan fingerprint density at radius 2 is 1.33 bits per heavy atom. The smallest absolute Gasteiger partial charge is 0.259 e. The van der Waals surface area contributed by atoms with Crippen LogP contribution in [0.25, 0.3) is 0 Å². The Balaban J connectivity index is 1.24. The van der Waals surface area contributed by atoms with Crippen LogP contribution in [0.3, 0.4) is 0 Å². The number of anilines is 1. The molecule has 4 aromatic rings. The normalized spacial score (nSPS) is 14.5. The Kier molecular flexibility index (Phi) is 9.66. The molecule has 8 nitrogen and oxygen atoms in total. The lowest BCUT2D eigenvalue weighted by Gasteiger charge is -2.39. The van der Waals surface area contributed by atoms with Gasteiger partial charge in [-0.15, -0.1) is 0 Å². The van der Waals surface area contributed by atoms with E-state index >= 15 is 0 Å². The topological polar surface area (TPSA) is 88.2 Å². The van der Waals surface area contributed by atoms with Crippen LogP contribution >= 0.6 is 0 Å². The number of sulfonamides is 1. The molecule has 0 atom stereocenters. The third kappa shape index (κ3) is 6.88. The highest BCUT2D eigenvalue weighted by atomic mass is 32.2. The Hall–Kier alpha value is -4.02. The summed E-state index contributed by atoms with van der Waals surface area (Å²) in [5, 5.41) is 2.83. The largest absolute Gasteiger partial charge is 0.490 e. The van der Waals surface area contributed by atoms with Crippen LogP contribution in [0.15, 0.2) is 114 Å². The van der Waals surface area contributed by atoms with Crippen molar-refractivity contribution in [1.29, 1.82) is 0 Å². The van der Waals surface area contributed by atoms with E-state index < -0.39 is 10.0 Å². The zero-order valence-electron chi connectivity index (χ0n) is 23.6. The number of nitrogens with zero attached hydrogens (tertiary/aromatic N) is 2. The number of hydrogen-bond donors (Lipinski definition) is 1. The summed E-state index contributed by atoms with van der Waals surface area (Å²) in [6, 6.07) is 33.9. The van der Waals surface area contributed by atoms with Gasteiger partial charge in [-0.05, 0) is 47.5 Å². The summed E-state index contributed by atoms with van der Waals surface area (Å²) in [4.78, 5) is 15.5. The number of rotatable bonds is 11. The third-order valence-corrected chi connectivity index (χ3v) is 9.21. The molecule has 0 unspecified atom stereocenters. The number of piperazine rings is 1. The van der Waals surface area contributed by atoms with Gasteiger partial charge in [0.25, 0.3) is 5.91 Å². The van der Waals surface area contributed by atoms with Crippen molar-refractivity contribution < 1.29 is 22.7 Å². The molecule has 5 rings (SSSR count). The van der Waals surface area contributed by atoms with Crippen LogP contribution in [0.5, 0.6) is 5.75 Å². The molecule has 0 saturated carbocycles. The molecule has 0 aromatic heterocycles. The zero-order valence-corrected chi connectivity index (χ0v) is 24.4. The van der Waals surface area contributed by atoms with E-state index in [2.05, 4.69) is 34.5 Å². The van der Waals surface area contributed by atoms with Crippen molar-refractivity contribution >= 4 is 21.6 Å². The fourth-order valence-corrected chi connectivity index (χ4v) is 6.58. The third-order valence-electron chi connectivity index (χ3n) is 7.30. The first-order valence-corrected chi connectivity index (χ1v) is 15.4. The van der Waals surface area contributed by atoms with Gasteiger partial charge in [0, 0.05) is 39.0 Å². The van der Waals surface area contributed by atoms with E-state index in [9.17, 15) is 13.2 Å². The van der Waals surface area contributed by atoms with E-state index in [0.717, 1.165) is 0 Å². The standard InChI is InChI=1S/C33H35N3O5S/c1-40-24-25-41-31-15-9-8-14-30(31)33(37)34-28-16-18-29(19-17-28)42(38,39)36-22-20-35(21-23-36)32(26-10-4-2-5-11-26)27-12-6-3-7-13-27/h2-19,32H,20-25H2,1H3,(H,34,37). The number of ether oxygens (including phenoxy) is 2. The summed E-state index contributed by atoms with van der Waals surface area (Å²) < 4.78 is 39.3. The molecule has 1 aliphatic heterocycles. The van der Waals surface area contributed by atoms with Gasteiger partial charge in [-0.1, -0.05) is 72.8 Å². The van der Waals surface area contributed by atoms with E-state index in [0.29, 0.717) is 56.4 Å². The van der Waals surface area contributed by atoms with Gasteiger partial charge in [-0.25, -0.2) is 8.42 Å². The van der Waals surface area contributed by atoms with Gasteiger partial charge < -0.3 is 14.8 Å². The summed E-state index contributed by atoms with van der Waals surface area (Å²) in [5.74, 6) is 0.105. The molecule has 42 heavy (non-hydrogen) atoms. The maximum absolute atomic E-state index is 13.5. The van der Waals surface area contributed by atoms with Crippen LogP contribution in [0.4, 0.5) is 5.69 Å². The van der Waals surface area contributed by atoms with Gasteiger partial charge in [-0.2, -0.15) is 4.31 Å². The minimum atomic E-state index is -3.70. The van der Waals surface area contributed by atoms with E-state index in [4.69, 9.17) is 9.47 Å². The monoisotopic (exact) mass is 585 g/mol. The van der Waals surface area contributed by atoms with Gasteiger partial charge >= 0.3 is 0 Å². The van der Waals surface area contributed by atoms with Crippen LogP contribution in [-0.2, 0) is 14.8 Å². The molecule has 4 aromatic carbocycles. The Morgan fingerprint density at radius 3 is 1.93 bits per heavy atom. The summed E-state index contributed by atoms with van der Waals surface area (Å²) in [5.41, 5.74) is 3.24. The minimum absolute atomic E-state index is 0.0515. The SMILES string of the molecule is COCCOc1ccccc1C(=O)Nc1ccc(S(=O)(=O)N2CCN(C(c3ccccc3)c3ccccc3)CC2)cc1. The van der Waals surface area contributed by atoms with Crippen molar-refractivity contribution in [3.8, 4) is 5.75 Å². The van der Waals surface area contributed by atoms with E-state index in [1.165, 1.54) is 27.6 Å². The summed E-state index contributed by atoms with van der Waals surface area (Å²) >= 11 is 0. The van der Waals surface area contributed by atoms with Crippen molar-refractivity contribution in [2.45, 2.75) is 10.9 Å². The number of carbonyl (C=O) groups is 1. The number of amides is 1. The second kappa shape index (κ2) is 13.8. The number of methoxy groups -OCH3 is 1. The highest BCUT2D eigenvalue weighted by molar-refractivity contribution is 7.89. The first kappa shape index (κ1) is 29.5. The van der Waals surface area contributed by atoms with Gasteiger partial charge in [0.1, 0.15) is 12.4 Å². The van der Waals surface area contributed by atoms with Crippen molar-refractivity contribution in [3.05, 3.63) is 126 Å². The minimum Gasteiger partial charge on any atom is -0.490 e. The van der Waals surface area contributed by atoms with E-state index in [1.54, 1.807) is 43.5 Å². The molecule has 9 heteroatoms. The summed E-state index contributed by atoms with van der Waals surface area (Å²) in [7, 11) is -2.11. The van der Waals surface area contributed by atoms with Crippen molar-refractivity contribution in [3.63, 3.8) is 0 Å². The average Bonchev–Trinajstić information content (AvgIpc) is 3.03. The first-order valence-electron chi connectivity index (χ1n) is 13.9. The quantitative estimate of drug-likeness (QED) is 0.248. The van der Waals surface area contributed by atoms with Gasteiger partial charge in [0.15, 0.2) is 0 Å². The lowest BCUT2D eigenvalue weighted by atomic mass is 9.96. The number of benzene rings is 4. The Labute approximate surface area is 247 Å². The average molecular weight is 586 g/mol. The molecule has 0 aliphatic carbocycles. The van der Waals surface area contributed by atoms with Gasteiger partial charge in [0.2, 0.25) is 10.0 Å². The second-order valence-electron chi connectivity index (χ2n) is 9.98. The predicted molar refractivity (Wildman–Crippen MR) is 163 cm³/mol. The summed E-state index contributed by atoms with van der Waals surface area (Å²) in [6.45, 7) is 2.71. The van der Waals surface area contributed by atoms with Crippen LogP contribution in [0, 0.1) is 0 Å². The summed E-state index contributed by atoms with van der Waals surface area (Å²) in [6.07, 6.45) is 0. The molecule has 1 aliphatic rings. The number of nitrogens with one attached hydrogen (secondary N) is 1. The number of para-hydroxylation sites is 1. The molecule has 0 radical (unpaired) electrons. The maximum Gasteiger partial charge on any atom is 0.259 e. The van der Waals surface area contributed by atoms with Crippen LogP contribution in [-0.4, -0.2) is 70.0 Å². The molecule has 1 N–H and O–H groups in total. The molecular weight excluding hydrogens is 550 g/mol. The van der Waals surface area contributed by atoms with Crippen LogP contribution < -0.4 is 10.1 Å². The molecule has 218 valence electrons. The Morgan fingerprint density at radius 1 is 0.762 bits per heavy atom. The highest BCUT2D eigenvalue weighted by Crippen LogP contribution is 2.30. The lowest BCUT2D eigenvalue weighted by molar-refractivity contribution is 0.101. The predicted octanol–water partition coefficient (Wildman–Crippen LogP) is 5.06. The maximum atomic E-state index is 13.5. The zero-order chi connectivity index (χ0) is 29.4. The molecule has 0 spiro atoms. The lowest BCUT2D eigenvalue weighted by Crippen LogP contribution is -2.49. The molecule has 1 saturated heterocycles. The molecule has 1 fully saturated rings. The molecule has 1 amide bonds. The molecular formula is C33H35N3O5S. The van der Waals surface area contributed by atoms with Gasteiger partial charge in [0.05, 0.1) is 23.1 Å². The van der Waals surface area contributed by atoms with E-state index in [1.807, 2.05) is 36.4 Å². The van der Waals surface area contributed by atoms with Crippen molar-refractivity contribution in [2.75, 3.05) is 51.8 Å². The number of hydrogen-bond acceptors (Lipinski definition) is 6. The molecule has 0 bridgehead atoms. The number of carbonyl (C=O) groups excluding carboxylic acids is 1.